The molecule has 1 aromatic carbocycles. The summed E-state index contributed by atoms with van der Waals surface area (Å²) in [6, 6.07) is 1.70. The molecule has 13 heteroatoms. The summed E-state index contributed by atoms with van der Waals surface area (Å²) in [6.45, 7) is 3.43. The van der Waals surface area contributed by atoms with Crippen molar-refractivity contribution in [3.05, 3.63) is 34.5 Å². The lowest BCUT2D eigenvalue weighted by Gasteiger charge is -2.40. The summed E-state index contributed by atoms with van der Waals surface area (Å²) in [5.74, 6) is -9.31. The quantitative estimate of drug-likeness (QED) is 0.626. The van der Waals surface area contributed by atoms with Gasteiger partial charge in [0.1, 0.15) is 11.4 Å². The minimum atomic E-state index is -6.22. The first-order valence-electron chi connectivity index (χ1n) is 9.61. The summed E-state index contributed by atoms with van der Waals surface area (Å²) in [5, 5.41) is 1.50. The SMILES string of the molecule is Cc1c(C(F)(F)F)ccc2c1C(N1CCCC1=O)=C(NC(=O)C(F)(F)C(F)(F)F)C(C)(C)O2. The van der Waals surface area contributed by atoms with Gasteiger partial charge in [0.05, 0.1) is 17.0 Å². The van der Waals surface area contributed by atoms with Crippen molar-refractivity contribution in [2.75, 3.05) is 6.54 Å². The van der Waals surface area contributed by atoms with Crippen LogP contribution in [-0.2, 0) is 15.8 Å². The minimum Gasteiger partial charge on any atom is -0.481 e. The highest BCUT2D eigenvalue weighted by atomic mass is 19.4. The van der Waals surface area contributed by atoms with Crippen LogP contribution in [0.4, 0.5) is 35.1 Å². The normalized spacial score (nSPS) is 18.9. The molecule has 2 aliphatic heterocycles. The first-order chi connectivity index (χ1) is 14.9. The van der Waals surface area contributed by atoms with Crippen LogP contribution in [0.2, 0.25) is 0 Å². The Balaban J connectivity index is 2.30. The maximum Gasteiger partial charge on any atom is 0.463 e. The largest absolute Gasteiger partial charge is 0.481 e. The Labute approximate surface area is 182 Å². The highest BCUT2D eigenvalue weighted by Crippen LogP contribution is 2.47. The first kappa shape index (κ1) is 24.8. The van der Waals surface area contributed by atoms with Crippen molar-refractivity contribution in [1.82, 2.24) is 10.2 Å². The van der Waals surface area contributed by atoms with Crippen LogP contribution >= 0.6 is 0 Å². The average molecular weight is 486 g/mol. The smallest absolute Gasteiger partial charge is 0.463 e. The van der Waals surface area contributed by atoms with E-state index in [0.717, 1.165) is 24.0 Å². The highest BCUT2D eigenvalue weighted by Gasteiger charge is 2.64. The Bertz CT molecular complexity index is 1040. The van der Waals surface area contributed by atoms with E-state index in [9.17, 15) is 44.7 Å². The van der Waals surface area contributed by atoms with Crippen molar-refractivity contribution in [2.24, 2.45) is 0 Å². The van der Waals surface area contributed by atoms with Crippen molar-refractivity contribution < 1.29 is 49.4 Å². The number of hydrogen-bond acceptors (Lipinski definition) is 3. The van der Waals surface area contributed by atoms with Gasteiger partial charge in [0.25, 0.3) is 0 Å². The maximum atomic E-state index is 13.7. The van der Waals surface area contributed by atoms with E-state index in [4.69, 9.17) is 4.74 Å². The van der Waals surface area contributed by atoms with Gasteiger partial charge in [-0.15, -0.1) is 0 Å². The Hall–Kier alpha value is -2.86. The van der Waals surface area contributed by atoms with E-state index >= 15 is 0 Å². The van der Waals surface area contributed by atoms with Crippen molar-refractivity contribution >= 4 is 17.5 Å². The molecule has 33 heavy (non-hydrogen) atoms. The summed E-state index contributed by atoms with van der Waals surface area (Å²) in [5.41, 5.74) is -4.76. The van der Waals surface area contributed by atoms with E-state index in [1.54, 1.807) is 0 Å². The van der Waals surface area contributed by atoms with Crippen LogP contribution in [0.1, 0.15) is 43.4 Å². The van der Waals surface area contributed by atoms with E-state index in [0.29, 0.717) is 0 Å². The molecule has 0 bridgehead atoms. The lowest BCUT2D eigenvalue weighted by molar-refractivity contribution is -0.269. The van der Waals surface area contributed by atoms with E-state index < -0.39 is 58.2 Å². The molecule has 0 spiro atoms. The van der Waals surface area contributed by atoms with Crippen LogP contribution in [0.15, 0.2) is 17.8 Å². The number of ether oxygens (including phenoxy) is 1. The first-order valence-corrected chi connectivity index (χ1v) is 9.61. The zero-order valence-electron chi connectivity index (χ0n) is 17.5. The second kappa shape index (κ2) is 7.59. The number of benzene rings is 1. The summed E-state index contributed by atoms with van der Waals surface area (Å²) in [6.07, 6.45) is -10.8. The fourth-order valence-corrected chi connectivity index (χ4v) is 3.79. The molecular weight excluding hydrogens is 468 g/mol. The van der Waals surface area contributed by atoms with Crippen molar-refractivity contribution in [1.29, 1.82) is 0 Å². The number of nitrogens with one attached hydrogen (secondary N) is 1. The number of likely N-dealkylation sites (tertiary alicyclic amines) is 1. The fourth-order valence-electron chi connectivity index (χ4n) is 3.79. The number of fused-ring (bicyclic) bond motifs is 1. The predicted molar refractivity (Wildman–Crippen MR) is 97.9 cm³/mol. The molecule has 0 atom stereocenters. The molecule has 2 aliphatic rings. The molecule has 5 nitrogen and oxygen atoms in total. The van der Waals surface area contributed by atoms with Crippen LogP contribution in [-0.4, -0.2) is 41.0 Å². The molecule has 0 saturated carbocycles. The monoisotopic (exact) mass is 486 g/mol. The molecule has 0 aliphatic carbocycles. The number of hydrogen-bond donors (Lipinski definition) is 1. The zero-order chi connectivity index (χ0) is 25.1. The number of carbonyl (C=O) groups excluding carboxylic acids is 2. The molecule has 1 saturated heterocycles. The van der Waals surface area contributed by atoms with Gasteiger partial charge in [-0.3, -0.25) is 9.59 Å². The molecular formula is C20H18F8N2O3. The van der Waals surface area contributed by atoms with E-state index in [-0.39, 0.29) is 30.7 Å². The van der Waals surface area contributed by atoms with Crippen LogP contribution in [0.3, 0.4) is 0 Å². The van der Waals surface area contributed by atoms with Crippen molar-refractivity contribution in [3.63, 3.8) is 0 Å². The predicted octanol–water partition coefficient (Wildman–Crippen LogP) is 4.79. The van der Waals surface area contributed by atoms with Gasteiger partial charge < -0.3 is 15.0 Å². The molecule has 182 valence electrons. The number of carbonyl (C=O) groups is 2. The van der Waals surface area contributed by atoms with E-state index in [2.05, 4.69) is 0 Å². The van der Waals surface area contributed by atoms with E-state index in [1.807, 2.05) is 0 Å². The topological polar surface area (TPSA) is 58.6 Å². The fraction of sp³-hybridized carbons (Fsp3) is 0.500. The van der Waals surface area contributed by atoms with Crippen LogP contribution in [0.25, 0.3) is 5.70 Å². The molecule has 2 heterocycles. The lowest BCUT2D eigenvalue weighted by atomic mass is 9.89. The van der Waals surface area contributed by atoms with Crippen LogP contribution < -0.4 is 10.1 Å². The molecule has 0 aromatic heterocycles. The maximum absolute atomic E-state index is 13.7. The van der Waals surface area contributed by atoms with Crippen LogP contribution in [0, 0.1) is 6.92 Å². The number of alkyl halides is 8. The Kier molecular flexibility index (Phi) is 5.70. The summed E-state index contributed by atoms with van der Waals surface area (Å²) < 4.78 is 112. The summed E-state index contributed by atoms with van der Waals surface area (Å²) in [7, 11) is 0. The number of halogens is 8. The molecule has 1 aromatic rings. The molecule has 0 radical (unpaired) electrons. The third kappa shape index (κ3) is 4.12. The molecule has 2 amide bonds. The molecule has 3 rings (SSSR count). The van der Waals surface area contributed by atoms with Gasteiger partial charge in [0.15, 0.2) is 0 Å². The zero-order valence-corrected chi connectivity index (χ0v) is 17.5. The van der Waals surface area contributed by atoms with Gasteiger partial charge in [-0.25, -0.2) is 0 Å². The Morgan fingerprint density at radius 2 is 1.70 bits per heavy atom. The number of rotatable bonds is 3. The van der Waals surface area contributed by atoms with Gasteiger partial charge in [0, 0.05) is 18.5 Å². The van der Waals surface area contributed by atoms with Gasteiger partial charge in [0.2, 0.25) is 5.91 Å². The molecule has 1 N–H and O–H groups in total. The Morgan fingerprint density at radius 3 is 2.18 bits per heavy atom. The van der Waals surface area contributed by atoms with Gasteiger partial charge >= 0.3 is 24.2 Å². The third-order valence-corrected chi connectivity index (χ3v) is 5.40. The van der Waals surface area contributed by atoms with E-state index in [1.165, 1.54) is 19.2 Å². The van der Waals surface area contributed by atoms with Crippen LogP contribution in [0.5, 0.6) is 5.75 Å². The molecule has 1 fully saturated rings. The van der Waals surface area contributed by atoms with Crippen molar-refractivity contribution in [2.45, 2.75) is 57.5 Å². The van der Waals surface area contributed by atoms with Gasteiger partial charge in [-0.05, 0) is 44.9 Å². The van der Waals surface area contributed by atoms with Gasteiger partial charge in [-0.2, -0.15) is 35.1 Å². The second-order valence-corrected chi connectivity index (χ2v) is 8.12. The Morgan fingerprint density at radius 1 is 1.09 bits per heavy atom. The highest BCUT2D eigenvalue weighted by molar-refractivity contribution is 5.95. The minimum absolute atomic E-state index is 0.0297. The van der Waals surface area contributed by atoms with Crippen molar-refractivity contribution in [3.8, 4) is 5.75 Å². The van der Waals surface area contributed by atoms with Gasteiger partial charge in [-0.1, -0.05) is 0 Å². The average Bonchev–Trinajstić information content (AvgIpc) is 3.05. The standard InChI is InChI=1S/C20H18F8N2O3/c1-9-10(19(23,24)25)6-7-11-13(9)14(30-8-4-5-12(30)31)15(17(2,3)33-11)29-16(32)18(21,22)20(26,27)28/h6-7H,4-5,8H2,1-3H3,(H,29,32). The summed E-state index contributed by atoms with van der Waals surface area (Å²) >= 11 is 0. The second-order valence-electron chi connectivity index (χ2n) is 8.12. The third-order valence-electron chi connectivity index (χ3n) is 5.40. The number of amides is 2. The lowest BCUT2D eigenvalue weighted by Crippen LogP contribution is -2.54. The summed E-state index contributed by atoms with van der Waals surface area (Å²) in [4.78, 5) is 25.4. The molecule has 0 unspecified atom stereocenters. The number of nitrogens with zero attached hydrogens (tertiary/aromatic N) is 1.